The summed E-state index contributed by atoms with van der Waals surface area (Å²) in [4.78, 5) is 12.8. The lowest BCUT2D eigenvalue weighted by atomic mass is 10.0. The summed E-state index contributed by atoms with van der Waals surface area (Å²) in [5, 5.41) is 15.0. The summed E-state index contributed by atoms with van der Waals surface area (Å²) >= 11 is 5.97. The van der Waals surface area contributed by atoms with Crippen molar-refractivity contribution >= 4 is 40.0 Å². The molecule has 1 amide bonds. The highest BCUT2D eigenvalue weighted by Gasteiger charge is 2.14. The van der Waals surface area contributed by atoms with Gasteiger partial charge in [0.05, 0.1) is 6.61 Å². The number of amides is 1. The molecule has 4 nitrogen and oxygen atoms in total. The van der Waals surface area contributed by atoms with E-state index in [4.69, 9.17) is 16.3 Å². The smallest absolute Gasteiger partial charge is 0.266 e. The second kappa shape index (κ2) is 9.27. The molecular formula is C24H21ClN2O2. The molecule has 146 valence electrons. The normalized spacial score (nSPS) is 11.2. The molecule has 0 spiro atoms. The van der Waals surface area contributed by atoms with Crippen LogP contribution in [0.3, 0.4) is 0 Å². The van der Waals surface area contributed by atoms with Gasteiger partial charge in [-0.1, -0.05) is 48.9 Å². The van der Waals surface area contributed by atoms with Crippen molar-refractivity contribution in [3.05, 3.63) is 76.3 Å². The molecule has 0 radical (unpaired) electrons. The fourth-order valence-electron chi connectivity index (χ4n) is 3.01. The van der Waals surface area contributed by atoms with E-state index in [-0.39, 0.29) is 5.57 Å². The first-order chi connectivity index (χ1) is 14.0. The Morgan fingerprint density at radius 2 is 2.00 bits per heavy atom. The molecule has 3 aromatic carbocycles. The van der Waals surface area contributed by atoms with Crippen molar-refractivity contribution in [1.29, 1.82) is 5.26 Å². The molecule has 0 fully saturated rings. The molecule has 0 aromatic heterocycles. The average Bonchev–Trinajstić information content (AvgIpc) is 2.72. The Labute approximate surface area is 175 Å². The van der Waals surface area contributed by atoms with Crippen molar-refractivity contribution in [3.63, 3.8) is 0 Å². The van der Waals surface area contributed by atoms with Gasteiger partial charge in [0.25, 0.3) is 5.91 Å². The van der Waals surface area contributed by atoms with Crippen LogP contribution in [0, 0.1) is 18.3 Å². The minimum atomic E-state index is -0.479. The molecule has 29 heavy (non-hydrogen) atoms. The first-order valence-corrected chi connectivity index (χ1v) is 9.75. The molecule has 3 aromatic rings. The Hall–Kier alpha value is -3.29. The quantitative estimate of drug-likeness (QED) is 0.396. The van der Waals surface area contributed by atoms with E-state index in [9.17, 15) is 10.1 Å². The van der Waals surface area contributed by atoms with Crippen LogP contribution in [-0.4, -0.2) is 12.5 Å². The van der Waals surface area contributed by atoms with Crippen molar-refractivity contribution in [2.45, 2.75) is 20.3 Å². The van der Waals surface area contributed by atoms with Crippen LogP contribution in [0.15, 0.2) is 60.2 Å². The number of nitrogens with one attached hydrogen (secondary N) is 1. The van der Waals surface area contributed by atoms with Gasteiger partial charge in [-0.15, -0.1) is 0 Å². The van der Waals surface area contributed by atoms with Crippen molar-refractivity contribution < 1.29 is 9.53 Å². The number of rotatable bonds is 6. The summed E-state index contributed by atoms with van der Waals surface area (Å²) < 4.78 is 5.87. The van der Waals surface area contributed by atoms with Crippen LogP contribution < -0.4 is 10.1 Å². The molecule has 0 heterocycles. The topological polar surface area (TPSA) is 62.1 Å². The number of carbonyl (C=O) groups excluding carboxylic acids is 1. The summed E-state index contributed by atoms with van der Waals surface area (Å²) in [7, 11) is 0. The number of hydrogen-bond acceptors (Lipinski definition) is 3. The van der Waals surface area contributed by atoms with Crippen LogP contribution in [0.1, 0.15) is 24.5 Å². The minimum absolute atomic E-state index is 0.00273. The largest absolute Gasteiger partial charge is 0.493 e. The monoisotopic (exact) mass is 404 g/mol. The summed E-state index contributed by atoms with van der Waals surface area (Å²) in [6.45, 7) is 4.43. The molecule has 5 heteroatoms. The van der Waals surface area contributed by atoms with Crippen LogP contribution in [-0.2, 0) is 4.79 Å². The number of fused-ring (bicyclic) bond motifs is 1. The Morgan fingerprint density at radius 1 is 1.21 bits per heavy atom. The Bertz CT molecular complexity index is 1130. The first-order valence-electron chi connectivity index (χ1n) is 9.37. The van der Waals surface area contributed by atoms with Crippen molar-refractivity contribution in [2.75, 3.05) is 11.9 Å². The van der Waals surface area contributed by atoms with E-state index in [1.54, 1.807) is 24.3 Å². The average molecular weight is 405 g/mol. The Kier molecular flexibility index (Phi) is 6.54. The standard InChI is InChI=1S/C24H21ClN2O2/c1-3-12-29-23-11-8-17-6-4-5-7-20(17)21(23)14-18(15-26)24(28)27-22-10-9-19(25)13-16(22)2/h4-11,13-14H,3,12H2,1-2H3,(H,27,28)/b18-14+. The fourth-order valence-corrected chi connectivity index (χ4v) is 3.24. The summed E-state index contributed by atoms with van der Waals surface area (Å²) in [6.07, 6.45) is 2.45. The predicted octanol–water partition coefficient (Wildman–Crippen LogP) is 6.14. The molecule has 0 saturated heterocycles. The summed E-state index contributed by atoms with van der Waals surface area (Å²) in [5.74, 6) is 0.168. The highest BCUT2D eigenvalue weighted by Crippen LogP contribution is 2.31. The van der Waals surface area contributed by atoms with Gasteiger partial charge in [0.15, 0.2) is 0 Å². The first kappa shape index (κ1) is 20.4. The van der Waals surface area contributed by atoms with Gasteiger partial charge in [0.2, 0.25) is 0 Å². The van der Waals surface area contributed by atoms with E-state index >= 15 is 0 Å². The van der Waals surface area contributed by atoms with Gasteiger partial charge < -0.3 is 10.1 Å². The number of anilines is 1. The third-order valence-corrected chi connectivity index (χ3v) is 4.72. The molecule has 0 bridgehead atoms. The zero-order valence-electron chi connectivity index (χ0n) is 16.3. The molecule has 0 aliphatic heterocycles. The zero-order valence-corrected chi connectivity index (χ0v) is 17.1. The highest BCUT2D eigenvalue weighted by atomic mass is 35.5. The second-order valence-corrected chi connectivity index (χ2v) is 7.07. The van der Waals surface area contributed by atoms with E-state index in [2.05, 4.69) is 5.32 Å². The van der Waals surface area contributed by atoms with Crippen LogP contribution in [0.4, 0.5) is 5.69 Å². The van der Waals surface area contributed by atoms with Gasteiger partial charge >= 0.3 is 0 Å². The lowest BCUT2D eigenvalue weighted by Crippen LogP contribution is -2.14. The van der Waals surface area contributed by atoms with Gasteiger partial charge in [-0.2, -0.15) is 5.26 Å². The summed E-state index contributed by atoms with van der Waals surface area (Å²) in [5.41, 5.74) is 2.15. The number of nitriles is 1. The number of carbonyl (C=O) groups is 1. The predicted molar refractivity (Wildman–Crippen MR) is 118 cm³/mol. The van der Waals surface area contributed by atoms with E-state index in [1.807, 2.05) is 56.3 Å². The maximum Gasteiger partial charge on any atom is 0.266 e. The number of halogens is 1. The van der Waals surface area contributed by atoms with Gasteiger partial charge in [-0.05, 0) is 60.0 Å². The van der Waals surface area contributed by atoms with Gasteiger partial charge in [-0.25, -0.2) is 0 Å². The number of aryl methyl sites for hydroxylation is 1. The third kappa shape index (κ3) is 4.77. The van der Waals surface area contributed by atoms with Crippen LogP contribution in [0.2, 0.25) is 5.02 Å². The van der Waals surface area contributed by atoms with Crippen LogP contribution in [0.25, 0.3) is 16.8 Å². The number of benzene rings is 3. The van der Waals surface area contributed by atoms with E-state index in [0.29, 0.717) is 23.1 Å². The molecule has 1 N–H and O–H groups in total. The molecule has 0 aliphatic rings. The second-order valence-electron chi connectivity index (χ2n) is 6.63. The van der Waals surface area contributed by atoms with Crippen LogP contribution >= 0.6 is 11.6 Å². The number of nitrogens with zero attached hydrogens (tertiary/aromatic N) is 1. The van der Waals surface area contributed by atoms with Gasteiger partial charge in [0.1, 0.15) is 17.4 Å². The van der Waals surface area contributed by atoms with Crippen molar-refractivity contribution in [3.8, 4) is 11.8 Å². The minimum Gasteiger partial charge on any atom is -0.493 e. The van der Waals surface area contributed by atoms with Gasteiger partial charge in [-0.3, -0.25) is 4.79 Å². The Morgan fingerprint density at radius 3 is 2.72 bits per heavy atom. The molecular weight excluding hydrogens is 384 g/mol. The number of ether oxygens (including phenoxy) is 1. The van der Waals surface area contributed by atoms with Crippen molar-refractivity contribution in [1.82, 2.24) is 0 Å². The molecule has 0 aliphatic carbocycles. The SMILES string of the molecule is CCCOc1ccc2ccccc2c1/C=C(\C#N)C(=O)Nc1ccc(Cl)cc1C. The van der Waals surface area contributed by atoms with Crippen molar-refractivity contribution in [2.24, 2.45) is 0 Å². The van der Waals surface area contributed by atoms with Gasteiger partial charge in [0, 0.05) is 16.3 Å². The lowest BCUT2D eigenvalue weighted by molar-refractivity contribution is -0.112. The Balaban J connectivity index is 2.02. The fraction of sp³-hybridized carbons (Fsp3) is 0.167. The summed E-state index contributed by atoms with van der Waals surface area (Å²) in [6, 6.07) is 18.9. The molecule has 0 saturated carbocycles. The van der Waals surface area contributed by atoms with Crippen LogP contribution in [0.5, 0.6) is 5.75 Å². The van der Waals surface area contributed by atoms with E-state index in [1.165, 1.54) is 0 Å². The van der Waals surface area contributed by atoms with E-state index < -0.39 is 5.91 Å². The zero-order chi connectivity index (χ0) is 20.8. The third-order valence-electron chi connectivity index (χ3n) is 4.48. The highest BCUT2D eigenvalue weighted by molar-refractivity contribution is 6.30. The molecule has 3 rings (SSSR count). The van der Waals surface area contributed by atoms with E-state index in [0.717, 1.165) is 28.3 Å². The molecule has 0 atom stereocenters. The maximum atomic E-state index is 12.8. The number of hydrogen-bond donors (Lipinski definition) is 1. The lowest BCUT2D eigenvalue weighted by Gasteiger charge is -2.12. The maximum absolute atomic E-state index is 12.8. The molecule has 0 unspecified atom stereocenters.